The predicted octanol–water partition coefficient (Wildman–Crippen LogP) is 2.77. The maximum atomic E-state index is 6.16. The van der Waals surface area contributed by atoms with Crippen molar-refractivity contribution in [2.45, 2.75) is 32.7 Å². The molecule has 2 N–H and O–H groups in total. The summed E-state index contributed by atoms with van der Waals surface area (Å²) in [7, 11) is 1.70. The zero-order valence-electron chi connectivity index (χ0n) is 12.2. The van der Waals surface area contributed by atoms with Gasteiger partial charge in [0, 0.05) is 19.7 Å². The third-order valence-electron chi connectivity index (χ3n) is 3.21. The molecule has 0 spiro atoms. The predicted molar refractivity (Wildman–Crippen MR) is 80.7 cm³/mol. The van der Waals surface area contributed by atoms with Crippen LogP contribution in [0.15, 0.2) is 35.3 Å². The third-order valence-corrected chi connectivity index (χ3v) is 3.21. The highest BCUT2D eigenvalue weighted by Gasteiger charge is 2.16. The molecule has 0 saturated carbocycles. The number of nitrogens with two attached hydrogens (primary N) is 1. The average molecular weight is 263 g/mol. The van der Waals surface area contributed by atoms with E-state index in [9.17, 15) is 0 Å². The second kappa shape index (κ2) is 8.53. The fourth-order valence-electron chi connectivity index (χ4n) is 2.10. The van der Waals surface area contributed by atoms with Crippen molar-refractivity contribution in [3.8, 4) is 0 Å². The summed E-state index contributed by atoms with van der Waals surface area (Å²) in [5, 5.41) is 0. The van der Waals surface area contributed by atoms with Crippen LogP contribution in [0.3, 0.4) is 0 Å². The zero-order valence-corrected chi connectivity index (χ0v) is 12.2. The van der Waals surface area contributed by atoms with E-state index in [1.165, 1.54) is 0 Å². The van der Waals surface area contributed by atoms with Crippen LogP contribution in [-0.2, 0) is 4.74 Å². The fourth-order valence-corrected chi connectivity index (χ4v) is 2.10. The second-order valence-corrected chi connectivity index (χ2v) is 4.46. The van der Waals surface area contributed by atoms with E-state index in [0.717, 1.165) is 25.1 Å². The molecule has 0 aliphatic heterocycles. The number of methoxy groups -OCH3 is 1. The summed E-state index contributed by atoms with van der Waals surface area (Å²) >= 11 is 0. The molecule has 4 heteroatoms. The standard InChI is InChI=1S/C15H25N3O/c1-4-14(5-2)18(11-12-19-3)15(16)17-13-9-7-6-8-10-13/h6-10,14H,4-5,11-12H2,1-3H3,(H2,16,17). The Morgan fingerprint density at radius 2 is 1.89 bits per heavy atom. The van der Waals surface area contributed by atoms with Gasteiger partial charge in [0.15, 0.2) is 5.96 Å². The largest absolute Gasteiger partial charge is 0.383 e. The summed E-state index contributed by atoms with van der Waals surface area (Å²) in [6.45, 7) is 5.76. The molecule has 0 fully saturated rings. The second-order valence-electron chi connectivity index (χ2n) is 4.46. The minimum atomic E-state index is 0.405. The number of ether oxygens (including phenoxy) is 1. The number of hydrogen-bond donors (Lipinski definition) is 1. The van der Waals surface area contributed by atoms with Crippen molar-refractivity contribution in [3.63, 3.8) is 0 Å². The van der Waals surface area contributed by atoms with Crippen molar-refractivity contribution in [2.24, 2.45) is 10.7 Å². The van der Waals surface area contributed by atoms with Gasteiger partial charge in [0.05, 0.1) is 12.3 Å². The topological polar surface area (TPSA) is 50.9 Å². The van der Waals surface area contributed by atoms with Gasteiger partial charge in [-0.1, -0.05) is 32.0 Å². The molecular formula is C15H25N3O. The van der Waals surface area contributed by atoms with Crippen molar-refractivity contribution in [1.82, 2.24) is 4.90 Å². The minimum absolute atomic E-state index is 0.405. The molecule has 1 aromatic rings. The van der Waals surface area contributed by atoms with Crippen LogP contribution in [0.1, 0.15) is 26.7 Å². The maximum Gasteiger partial charge on any atom is 0.196 e. The Balaban J connectivity index is 2.86. The van der Waals surface area contributed by atoms with E-state index in [1.807, 2.05) is 30.3 Å². The highest BCUT2D eigenvalue weighted by molar-refractivity contribution is 5.81. The van der Waals surface area contributed by atoms with Gasteiger partial charge >= 0.3 is 0 Å². The Kier molecular flexibility index (Phi) is 6.97. The fraction of sp³-hybridized carbons (Fsp3) is 0.533. The minimum Gasteiger partial charge on any atom is -0.383 e. The van der Waals surface area contributed by atoms with Crippen molar-refractivity contribution in [3.05, 3.63) is 30.3 Å². The maximum absolute atomic E-state index is 6.16. The molecule has 0 unspecified atom stereocenters. The molecule has 19 heavy (non-hydrogen) atoms. The lowest BCUT2D eigenvalue weighted by molar-refractivity contribution is 0.158. The highest BCUT2D eigenvalue weighted by atomic mass is 16.5. The first-order valence-corrected chi connectivity index (χ1v) is 6.87. The molecule has 4 nitrogen and oxygen atoms in total. The van der Waals surface area contributed by atoms with E-state index < -0.39 is 0 Å². The van der Waals surface area contributed by atoms with Gasteiger partial charge in [0.1, 0.15) is 0 Å². The van der Waals surface area contributed by atoms with Gasteiger partial charge in [-0.2, -0.15) is 0 Å². The van der Waals surface area contributed by atoms with Crippen LogP contribution in [0, 0.1) is 0 Å². The molecule has 0 bridgehead atoms. The van der Waals surface area contributed by atoms with Gasteiger partial charge in [-0.05, 0) is 25.0 Å². The summed E-state index contributed by atoms with van der Waals surface area (Å²) in [6, 6.07) is 10.2. The van der Waals surface area contributed by atoms with Crippen LogP contribution in [0.25, 0.3) is 0 Å². The molecule has 0 amide bonds. The van der Waals surface area contributed by atoms with Gasteiger partial charge in [-0.3, -0.25) is 0 Å². The number of benzene rings is 1. The average Bonchev–Trinajstić information content (AvgIpc) is 2.44. The van der Waals surface area contributed by atoms with Crippen LogP contribution in [0.4, 0.5) is 5.69 Å². The van der Waals surface area contributed by atoms with Crippen LogP contribution in [0.2, 0.25) is 0 Å². The molecule has 0 aromatic heterocycles. The molecule has 0 aliphatic carbocycles. The van der Waals surface area contributed by atoms with Gasteiger partial charge < -0.3 is 15.4 Å². The highest BCUT2D eigenvalue weighted by Crippen LogP contribution is 2.13. The summed E-state index contributed by atoms with van der Waals surface area (Å²) in [5.41, 5.74) is 7.05. The Labute approximate surface area is 116 Å². The molecular weight excluding hydrogens is 238 g/mol. The summed E-state index contributed by atoms with van der Waals surface area (Å²) in [4.78, 5) is 6.63. The number of rotatable bonds is 7. The number of guanidine groups is 1. The SMILES string of the molecule is CCC(CC)N(CCOC)C(N)=Nc1ccccc1. The Morgan fingerprint density at radius 1 is 1.26 bits per heavy atom. The van der Waals surface area contributed by atoms with Crippen molar-refractivity contribution >= 4 is 11.6 Å². The Morgan fingerprint density at radius 3 is 2.42 bits per heavy atom. The molecule has 0 radical (unpaired) electrons. The molecule has 0 aliphatic rings. The van der Waals surface area contributed by atoms with Crippen LogP contribution in [-0.4, -0.2) is 37.2 Å². The summed E-state index contributed by atoms with van der Waals surface area (Å²) < 4.78 is 5.16. The summed E-state index contributed by atoms with van der Waals surface area (Å²) in [5.74, 6) is 0.567. The first-order valence-electron chi connectivity index (χ1n) is 6.87. The lowest BCUT2D eigenvalue weighted by Gasteiger charge is -2.31. The normalized spacial score (nSPS) is 11.9. The quantitative estimate of drug-likeness (QED) is 0.608. The van der Waals surface area contributed by atoms with E-state index in [-0.39, 0.29) is 0 Å². The van der Waals surface area contributed by atoms with Gasteiger partial charge in [0.25, 0.3) is 0 Å². The van der Waals surface area contributed by atoms with E-state index in [0.29, 0.717) is 18.6 Å². The van der Waals surface area contributed by atoms with Crippen molar-refractivity contribution < 1.29 is 4.74 Å². The number of aliphatic imine (C=N–C) groups is 1. The number of para-hydroxylation sites is 1. The first kappa shape index (κ1) is 15.5. The van der Waals surface area contributed by atoms with E-state index in [2.05, 4.69) is 23.7 Å². The monoisotopic (exact) mass is 263 g/mol. The lowest BCUT2D eigenvalue weighted by atomic mass is 10.1. The number of nitrogens with zero attached hydrogens (tertiary/aromatic N) is 2. The number of hydrogen-bond acceptors (Lipinski definition) is 2. The van der Waals surface area contributed by atoms with Crippen molar-refractivity contribution in [1.29, 1.82) is 0 Å². The molecule has 1 rings (SSSR count). The van der Waals surface area contributed by atoms with E-state index in [4.69, 9.17) is 10.5 Å². The van der Waals surface area contributed by atoms with Gasteiger partial charge in [-0.25, -0.2) is 4.99 Å². The smallest absolute Gasteiger partial charge is 0.196 e. The first-order chi connectivity index (χ1) is 9.22. The lowest BCUT2D eigenvalue weighted by Crippen LogP contribution is -2.45. The van der Waals surface area contributed by atoms with Crippen LogP contribution >= 0.6 is 0 Å². The van der Waals surface area contributed by atoms with Gasteiger partial charge in [-0.15, -0.1) is 0 Å². The molecule has 106 valence electrons. The zero-order chi connectivity index (χ0) is 14.1. The molecule has 0 atom stereocenters. The third kappa shape index (κ3) is 4.91. The van der Waals surface area contributed by atoms with Gasteiger partial charge in [0.2, 0.25) is 0 Å². The van der Waals surface area contributed by atoms with Crippen molar-refractivity contribution in [2.75, 3.05) is 20.3 Å². The van der Waals surface area contributed by atoms with Crippen LogP contribution < -0.4 is 5.73 Å². The Hall–Kier alpha value is -1.55. The van der Waals surface area contributed by atoms with Crippen LogP contribution in [0.5, 0.6) is 0 Å². The molecule has 0 heterocycles. The summed E-state index contributed by atoms with van der Waals surface area (Å²) in [6.07, 6.45) is 2.09. The molecule has 0 saturated heterocycles. The van der Waals surface area contributed by atoms with E-state index in [1.54, 1.807) is 7.11 Å². The molecule has 1 aromatic carbocycles. The Bertz CT molecular complexity index is 374. The van der Waals surface area contributed by atoms with E-state index >= 15 is 0 Å².